The highest BCUT2D eigenvalue weighted by atomic mass is 35.5. The van der Waals surface area contributed by atoms with Crippen LogP contribution in [-0.4, -0.2) is 4.98 Å². The molecule has 0 aliphatic carbocycles. The Hall–Kier alpha value is -0.930. The van der Waals surface area contributed by atoms with Crippen LogP contribution in [0.3, 0.4) is 0 Å². The van der Waals surface area contributed by atoms with E-state index in [-0.39, 0.29) is 12.4 Å². The second-order valence-electron chi connectivity index (χ2n) is 3.41. The van der Waals surface area contributed by atoms with Crippen LogP contribution in [0.15, 0.2) is 29.9 Å². The summed E-state index contributed by atoms with van der Waals surface area (Å²) < 4.78 is 2.14. The number of pyridine rings is 1. The zero-order valence-electron chi connectivity index (χ0n) is 8.77. The van der Waals surface area contributed by atoms with Gasteiger partial charge < -0.3 is 12.4 Å². The minimum atomic E-state index is 0. The van der Waals surface area contributed by atoms with Gasteiger partial charge in [-0.05, 0) is 19.4 Å². The Bertz CT molecular complexity index is 422. The topological polar surface area (TPSA) is 16.8 Å². The largest absolute Gasteiger partial charge is 1.00 e. The quantitative estimate of drug-likeness (QED) is 0.622. The van der Waals surface area contributed by atoms with Gasteiger partial charge in [-0.3, -0.25) is 0 Å². The van der Waals surface area contributed by atoms with Crippen LogP contribution < -0.4 is 17.0 Å². The van der Waals surface area contributed by atoms with E-state index in [2.05, 4.69) is 46.4 Å². The molecule has 2 nitrogen and oxygen atoms in total. The highest BCUT2D eigenvalue weighted by molar-refractivity contribution is 7.09. The summed E-state index contributed by atoms with van der Waals surface area (Å²) in [4.78, 5) is 4.43. The molecule has 2 heterocycles. The van der Waals surface area contributed by atoms with E-state index >= 15 is 0 Å². The normalized spacial score (nSPS) is 9.73. The number of halogens is 1. The van der Waals surface area contributed by atoms with E-state index in [4.69, 9.17) is 0 Å². The Morgan fingerprint density at radius 2 is 1.93 bits per heavy atom. The fourth-order valence-electron chi connectivity index (χ4n) is 1.31. The molecule has 0 amide bonds. The van der Waals surface area contributed by atoms with Gasteiger partial charge in [0, 0.05) is 17.5 Å². The molecule has 80 valence electrons. The van der Waals surface area contributed by atoms with Crippen molar-refractivity contribution in [2.45, 2.75) is 20.4 Å². The Kier molecular flexibility index (Phi) is 4.24. The van der Waals surface area contributed by atoms with Crippen LogP contribution in [0, 0.1) is 13.8 Å². The number of nitrogens with zero attached hydrogens (tertiary/aromatic N) is 2. The Morgan fingerprint density at radius 3 is 2.47 bits per heavy atom. The first-order valence-corrected chi connectivity index (χ1v) is 5.49. The van der Waals surface area contributed by atoms with Crippen LogP contribution in [0.25, 0.3) is 0 Å². The summed E-state index contributed by atoms with van der Waals surface area (Å²) in [5.41, 5.74) is 2.43. The molecule has 2 aromatic rings. The van der Waals surface area contributed by atoms with Crippen LogP contribution >= 0.6 is 11.3 Å². The number of aromatic nitrogens is 2. The minimum Gasteiger partial charge on any atom is -1.00 e. The molecule has 2 rings (SSSR count). The van der Waals surface area contributed by atoms with E-state index in [0.717, 1.165) is 17.2 Å². The lowest BCUT2D eigenvalue weighted by atomic mass is 10.3. The van der Waals surface area contributed by atoms with Gasteiger partial charge in [0.15, 0.2) is 18.9 Å². The maximum absolute atomic E-state index is 4.43. The minimum absolute atomic E-state index is 0. The van der Waals surface area contributed by atoms with E-state index in [1.165, 1.54) is 5.56 Å². The molecule has 4 heteroatoms. The summed E-state index contributed by atoms with van der Waals surface area (Å²) in [5.74, 6) is 0. The molecule has 0 atom stereocenters. The van der Waals surface area contributed by atoms with E-state index in [0.29, 0.717) is 0 Å². The molecule has 0 saturated heterocycles. The van der Waals surface area contributed by atoms with Crippen molar-refractivity contribution in [3.05, 3.63) is 46.2 Å². The molecule has 0 radical (unpaired) electrons. The van der Waals surface area contributed by atoms with Crippen molar-refractivity contribution in [3.8, 4) is 0 Å². The van der Waals surface area contributed by atoms with E-state index in [9.17, 15) is 0 Å². The molecule has 0 bridgehead atoms. The van der Waals surface area contributed by atoms with Crippen molar-refractivity contribution < 1.29 is 17.0 Å². The lowest BCUT2D eigenvalue weighted by Gasteiger charge is -1.93. The van der Waals surface area contributed by atoms with E-state index < -0.39 is 0 Å². The zero-order valence-corrected chi connectivity index (χ0v) is 10.3. The lowest BCUT2D eigenvalue weighted by Crippen LogP contribution is -3.00. The van der Waals surface area contributed by atoms with Crippen molar-refractivity contribution in [1.29, 1.82) is 0 Å². The molecule has 0 fully saturated rings. The number of rotatable bonds is 2. The third kappa shape index (κ3) is 3.29. The summed E-state index contributed by atoms with van der Waals surface area (Å²) in [5, 5.41) is 3.25. The van der Waals surface area contributed by atoms with Crippen LogP contribution in [0.1, 0.15) is 16.3 Å². The fraction of sp³-hybridized carbons (Fsp3) is 0.273. The molecule has 0 spiro atoms. The zero-order chi connectivity index (χ0) is 9.97. The molecule has 15 heavy (non-hydrogen) atoms. The maximum Gasteiger partial charge on any atom is 0.191 e. The van der Waals surface area contributed by atoms with Crippen molar-refractivity contribution in [2.24, 2.45) is 0 Å². The predicted molar refractivity (Wildman–Crippen MR) is 57.3 cm³/mol. The lowest BCUT2D eigenvalue weighted by molar-refractivity contribution is -0.688. The van der Waals surface area contributed by atoms with Crippen LogP contribution in [-0.2, 0) is 6.54 Å². The number of hydrogen-bond acceptors (Lipinski definition) is 2. The molecule has 0 aliphatic heterocycles. The van der Waals surface area contributed by atoms with Gasteiger partial charge in [0.1, 0.15) is 5.69 Å². The molecule has 0 aromatic carbocycles. The van der Waals surface area contributed by atoms with Crippen molar-refractivity contribution in [2.75, 3.05) is 0 Å². The Balaban J connectivity index is 0.00000112. The van der Waals surface area contributed by atoms with Crippen LogP contribution in [0.5, 0.6) is 0 Å². The van der Waals surface area contributed by atoms with Gasteiger partial charge in [-0.2, -0.15) is 4.57 Å². The molecular formula is C11H13ClN2S. The Labute approximate surface area is 100 Å². The summed E-state index contributed by atoms with van der Waals surface area (Å²) in [6.07, 6.45) is 4.17. The molecular weight excluding hydrogens is 228 g/mol. The smallest absolute Gasteiger partial charge is 0.191 e. The van der Waals surface area contributed by atoms with Gasteiger partial charge in [0.05, 0.1) is 5.01 Å². The molecule has 0 saturated carbocycles. The SMILES string of the molecule is Cc1cc[n+](Cc2csc(C)n2)cc1.[Cl-]. The van der Waals surface area contributed by atoms with Gasteiger partial charge in [-0.25, -0.2) is 4.98 Å². The monoisotopic (exact) mass is 240 g/mol. The first-order valence-electron chi connectivity index (χ1n) is 4.61. The van der Waals surface area contributed by atoms with Crippen LogP contribution in [0.4, 0.5) is 0 Å². The fourth-order valence-corrected chi connectivity index (χ4v) is 1.91. The summed E-state index contributed by atoms with van der Waals surface area (Å²) in [6, 6.07) is 4.22. The molecule has 0 aliphatic rings. The second-order valence-corrected chi connectivity index (χ2v) is 4.47. The molecule has 0 N–H and O–H groups in total. The Morgan fingerprint density at radius 1 is 1.27 bits per heavy atom. The highest BCUT2D eigenvalue weighted by Gasteiger charge is 2.04. The van der Waals surface area contributed by atoms with Crippen molar-refractivity contribution >= 4 is 11.3 Å². The number of aryl methyl sites for hydroxylation is 2. The van der Waals surface area contributed by atoms with E-state index in [1.807, 2.05) is 6.92 Å². The number of hydrogen-bond donors (Lipinski definition) is 0. The first-order chi connectivity index (χ1) is 6.74. The summed E-state index contributed by atoms with van der Waals surface area (Å²) in [6.45, 7) is 5.00. The molecule has 2 aromatic heterocycles. The molecule has 0 unspecified atom stereocenters. The van der Waals surface area contributed by atoms with Crippen molar-refractivity contribution in [3.63, 3.8) is 0 Å². The van der Waals surface area contributed by atoms with Crippen molar-refractivity contribution in [1.82, 2.24) is 4.98 Å². The van der Waals surface area contributed by atoms with Gasteiger partial charge in [0.25, 0.3) is 0 Å². The van der Waals surface area contributed by atoms with Gasteiger partial charge in [-0.15, -0.1) is 11.3 Å². The average Bonchev–Trinajstić information content (AvgIpc) is 2.56. The third-order valence-corrected chi connectivity index (χ3v) is 2.89. The van der Waals surface area contributed by atoms with Gasteiger partial charge >= 0.3 is 0 Å². The number of thiazole rings is 1. The first kappa shape index (κ1) is 12.1. The average molecular weight is 241 g/mol. The maximum atomic E-state index is 4.43. The van der Waals surface area contributed by atoms with E-state index in [1.54, 1.807) is 11.3 Å². The third-order valence-electron chi connectivity index (χ3n) is 2.07. The van der Waals surface area contributed by atoms with Crippen LogP contribution in [0.2, 0.25) is 0 Å². The summed E-state index contributed by atoms with van der Waals surface area (Å²) in [7, 11) is 0. The highest BCUT2D eigenvalue weighted by Crippen LogP contribution is 2.07. The van der Waals surface area contributed by atoms with Gasteiger partial charge in [-0.1, -0.05) is 0 Å². The predicted octanol–water partition coefficient (Wildman–Crippen LogP) is -0.900. The second kappa shape index (κ2) is 5.24. The summed E-state index contributed by atoms with van der Waals surface area (Å²) >= 11 is 1.70. The standard InChI is InChI=1S/C11H13N2S.ClH/c1-9-3-5-13(6-4-9)7-11-8-14-10(2)12-11;/h3-6,8H,7H2,1-2H3;1H/q+1;/p-1. The van der Waals surface area contributed by atoms with Gasteiger partial charge in [0.2, 0.25) is 0 Å².